The van der Waals surface area contributed by atoms with Crippen molar-refractivity contribution in [3.05, 3.63) is 47.0 Å². The van der Waals surface area contributed by atoms with Crippen LogP contribution in [0.5, 0.6) is 11.5 Å². The molecule has 0 aromatic heterocycles. The third kappa shape index (κ3) is 2.26. The smallest absolute Gasteiger partial charge is 0.122 e. The van der Waals surface area contributed by atoms with Crippen molar-refractivity contribution in [2.45, 2.75) is 20.8 Å². The molecule has 0 aliphatic carbocycles. The van der Waals surface area contributed by atoms with E-state index in [2.05, 4.69) is 6.07 Å². The third-order valence-electron chi connectivity index (χ3n) is 2.90. The van der Waals surface area contributed by atoms with Gasteiger partial charge in [-0.1, -0.05) is 29.3 Å². The Morgan fingerprint density at radius 2 is 1.35 bits per heavy atom. The Hall–Kier alpha value is -1.96. The van der Waals surface area contributed by atoms with E-state index < -0.39 is 0 Å². The predicted octanol–water partition coefficient (Wildman–Crippen LogP) is 3.69. The molecule has 88 valence electrons. The van der Waals surface area contributed by atoms with Crippen LogP contribution in [0.1, 0.15) is 16.7 Å². The molecule has 0 fully saturated rings. The van der Waals surface area contributed by atoms with Crippen LogP contribution in [0.2, 0.25) is 0 Å². The van der Waals surface area contributed by atoms with Gasteiger partial charge in [0, 0.05) is 6.07 Å². The lowest BCUT2D eigenvalue weighted by Crippen LogP contribution is -1.87. The number of rotatable bonds is 1. The van der Waals surface area contributed by atoms with E-state index in [1.165, 1.54) is 17.2 Å². The van der Waals surface area contributed by atoms with Gasteiger partial charge in [0.05, 0.1) is 0 Å². The van der Waals surface area contributed by atoms with Crippen molar-refractivity contribution in [1.82, 2.24) is 0 Å². The largest absolute Gasteiger partial charge is 0.508 e. The summed E-state index contributed by atoms with van der Waals surface area (Å²) in [7, 11) is 0. The van der Waals surface area contributed by atoms with Crippen molar-refractivity contribution in [3.63, 3.8) is 0 Å². The average Bonchev–Trinajstić information content (AvgIpc) is 2.22. The summed E-state index contributed by atoms with van der Waals surface area (Å²) in [4.78, 5) is 0. The normalized spacial score (nSPS) is 10.5. The van der Waals surface area contributed by atoms with Crippen LogP contribution in [0.3, 0.4) is 0 Å². The summed E-state index contributed by atoms with van der Waals surface area (Å²) in [5, 5.41) is 19.3. The van der Waals surface area contributed by atoms with Gasteiger partial charge in [-0.15, -0.1) is 0 Å². The van der Waals surface area contributed by atoms with E-state index in [1.54, 1.807) is 6.07 Å². The Morgan fingerprint density at radius 1 is 0.765 bits per heavy atom. The molecule has 0 spiro atoms. The highest BCUT2D eigenvalue weighted by Gasteiger charge is 2.08. The van der Waals surface area contributed by atoms with Gasteiger partial charge in [0.15, 0.2) is 0 Å². The van der Waals surface area contributed by atoms with E-state index in [9.17, 15) is 10.2 Å². The zero-order valence-corrected chi connectivity index (χ0v) is 10.3. The second-order valence-corrected chi connectivity index (χ2v) is 4.51. The lowest BCUT2D eigenvalue weighted by atomic mass is 9.96. The maximum Gasteiger partial charge on any atom is 0.122 e. The minimum Gasteiger partial charge on any atom is -0.508 e. The fourth-order valence-electron chi connectivity index (χ4n) is 2.11. The highest BCUT2D eigenvalue weighted by Crippen LogP contribution is 2.34. The van der Waals surface area contributed by atoms with Gasteiger partial charge in [-0.25, -0.2) is 0 Å². The predicted molar refractivity (Wildman–Crippen MR) is 69.4 cm³/mol. The number of hydrogen-bond acceptors (Lipinski definition) is 2. The molecule has 2 rings (SSSR count). The van der Waals surface area contributed by atoms with E-state index in [0.29, 0.717) is 0 Å². The van der Waals surface area contributed by atoms with Gasteiger partial charge in [-0.3, -0.25) is 0 Å². The summed E-state index contributed by atoms with van der Waals surface area (Å²) in [5.74, 6) is 0.210. The zero-order valence-electron chi connectivity index (χ0n) is 10.3. The molecule has 0 aliphatic heterocycles. The van der Waals surface area contributed by atoms with E-state index in [0.717, 1.165) is 16.7 Å². The van der Waals surface area contributed by atoms with Crippen LogP contribution in [0.4, 0.5) is 0 Å². The van der Waals surface area contributed by atoms with Crippen LogP contribution >= 0.6 is 0 Å². The maximum absolute atomic E-state index is 9.72. The Labute approximate surface area is 101 Å². The summed E-state index contributed by atoms with van der Waals surface area (Å²) in [5.41, 5.74) is 5.01. The van der Waals surface area contributed by atoms with Gasteiger partial charge in [0.25, 0.3) is 0 Å². The first-order valence-electron chi connectivity index (χ1n) is 5.58. The molecular formula is C15H16O2. The van der Waals surface area contributed by atoms with Crippen molar-refractivity contribution in [3.8, 4) is 22.6 Å². The van der Waals surface area contributed by atoms with Gasteiger partial charge < -0.3 is 10.2 Å². The molecule has 2 N–H and O–H groups in total. The quantitative estimate of drug-likeness (QED) is 0.781. The number of benzene rings is 2. The molecule has 0 radical (unpaired) electrons. The molecule has 0 aliphatic rings. The third-order valence-corrected chi connectivity index (χ3v) is 2.90. The number of aryl methyl sites for hydroxylation is 2. The van der Waals surface area contributed by atoms with Crippen LogP contribution in [-0.2, 0) is 0 Å². The SMILES string of the molecule is Cc1cc(C)cc(-c2cc(O)cc(O)c2C)c1. The first-order chi connectivity index (χ1) is 7.97. The second-order valence-electron chi connectivity index (χ2n) is 4.51. The van der Waals surface area contributed by atoms with Crippen molar-refractivity contribution in [2.24, 2.45) is 0 Å². The van der Waals surface area contributed by atoms with Gasteiger partial charge >= 0.3 is 0 Å². The van der Waals surface area contributed by atoms with Crippen molar-refractivity contribution < 1.29 is 10.2 Å². The summed E-state index contributed by atoms with van der Waals surface area (Å²) < 4.78 is 0. The Bertz CT molecular complexity index is 551. The van der Waals surface area contributed by atoms with Crippen molar-refractivity contribution in [2.75, 3.05) is 0 Å². The average molecular weight is 228 g/mol. The summed E-state index contributed by atoms with van der Waals surface area (Å²) in [6.07, 6.45) is 0. The van der Waals surface area contributed by atoms with Crippen LogP contribution in [0.25, 0.3) is 11.1 Å². The molecule has 0 amide bonds. The Morgan fingerprint density at radius 3 is 1.94 bits per heavy atom. The summed E-state index contributed by atoms with van der Waals surface area (Å²) in [6, 6.07) is 9.24. The number of phenolic OH excluding ortho intramolecular Hbond substituents is 2. The molecular weight excluding hydrogens is 212 g/mol. The Kier molecular flexibility index (Phi) is 2.80. The minimum absolute atomic E-state index is 0.0854. The molecule has 0 bridgehead atoms. The fraction of sp³-hybridized carbons (Fsp3) is 0.200. The van der Waals surface area contributed by atoms with Crippen LogP contribution in [-0.4, -0.2) is 10.2 Å². The van der Waals surface area contributed by atoms with Crippen LogP contribution in [0, 0.1) is 20.8 Å². The topological polar surface area (TPSA) is 40.5 Å². The fourth-order valence-corrected chi connectivity index (χ4v) is 2.11. The minimum atomic E-state index is 0.0854. The van der Waals surface area contributed by atoms with E-state index >= 15 is 0 Å². The molecule has 2 aromatic rings. The molecule has 0 atom stereocenters. The molecule has 2 aromatic carbocycles. The van der Waals surface area contributed by atoms with Crippen LogP contribution < -0.4 is 0 Å². The standard InChI is InChI=1S/C15H16O2/c1-9-4-10(2)6-12(5-9)14-7-13(16)8-15(17)11(14)3/h4-8,16-17H,1-3H3. The molecule has 17 heavy (non-hydrogen) atoms. The van der Waals surface area contributed by atoms with E-state index in [-0.39, 0.29) is 11.5 Å². The number of phenols is 2. The second kappa shape index (κ2) is 4.13. The lowest BCUT2D eigenvalue weighted by Gasteiger charge is -2.10. The lowest BCUT2D eigenvalue weighted by molar-refractivity contribution is 0.448. The van der Waals surface area contributed by atoms with E-state index in [1.807, 2.05) is 32.9 Å². The van der Waals surface area contributed by atoms with Gasteiger partial charge in [0.1, 0.15) is 11.5 Å². The Balaban J connectivity index is 2.67. The van der Waals surface area contributed by atoms with Gasteiger partial charge in [-0.05, 0) is 43.5 Å². The van der Waals surface area contributed by atoms with Crippen molar-refractivity contribution in [1.29, 1.82) is 0 Å². The molecule has 0 heterocycles. The molecule has 0 saturated heterocycles. The van der Waals surface area contributed by atoms with Crippen molar-refractivity contribution >= 4 is 0 Å². The summed E-state index contributed by atoms with van der Waals surface area (Å²) in [6.45, 7) is 5.92. The number of aromatic hydroxyl groups is 2. The first-order valence-corrected chi connectivity index (χ1v) is 5.58. The number of hydrogen-bond donors (Lipinski definition) is 2. The monoisotopic (exact) mass is 228 g/mol. The highest BCUT2D eigenvalue weighted by molar-refractivity contribution is 5.72. The summed E-state index contributed by atoms with van der Waals surface area (Å²) >= 11 is 0. The molecule has 2 heteroatoms. The molecule has 0 saturated carbocycles. The first kappa shape index (κ1) is 11.5. The molecule has 0 unspecified atom stereocenters. The van der Waals surface area contributed by atoms with Gasteiger partial charge in [0.2, 0.25) is 0 Å². The van der Waals surface area contributed by atoms with E-state index in [4.69, 9.17) is 0 Å². The zero-order chi connectivity index (χ0) is 12.6. The van der Waals surface area contributed by atoms with Crippen LogP contribution in [0.15, 0.2) is 30.3 Å². The highest BCUT2D eigenvalue weighted by atomic mass is 16.3. The molecule has 2 nitrogen and oxygen atoms in total. The maximum atomic E-state index is 9.72. The van der Waals surface area contributed by atoms with Gasteiger partial charge in [-0.2, -0.15) is 0 Å².